The SMILES string of the molecule is CC(C)(C)OC(=O)N1CCCCC1CN1CC(CO)CC1=O. The Kier molecular flexibility index (Phi) is 5.32. The number of piperidine rings is 1. The smallest absolute Gasteiger partial charge is 0.410 e. The minimum Gasteiger partial charge on any atom is -0.444 e. The van der Waals surface area contributed by atoms with Gasteiger partial charge >= 0.3 is 6.09 Å². The Labute approximate surface area is 132 Å². The number of carbonyl (C=O) groups excluding carboxylic acids is 2. The molecular formula is C16H28N2O4. The third-order valence-corrected chi connectivity index (χ3v) is 4.24. The van der Waals surface area contributed by atoms with Crippen LogP contribution in [0.4, 0.5) is 4.79 Å². The number of aliphatic hydroxyl groups excluding tert-OH is 1. The van der Waals surface area contributed by atoms with Gasteiger partial charge in [0, 0.05) is 38.6 Å². The van der Waals surface area contributed by atoms with Gasteiger partial charge < -0.3 is 19.6 Å². The number of ether oxygens (including phenoxy) is 1. The Bertz CT molecular complexity index is 419. The molecule has 0 bridgehead atoms. The molecule has 0 radical (unpaired) electrons. The lowest BCUT2D eigenvalue weighted by atomic mass is 10.0. The highest BCUT2D eigenvalue weighted by atomic mass is 16.6. The molecule has 0 aromatic carbocycles. The first-order chi connectivity index (χ1) is 10.3. The van der Waals surface area contributed by atoms with E-state index in [1.165, 1.54) is 0 Å². The van der Waals surface area contributed by atoms with Crippen LogP contribution in [0.5, 0.6) is 0 Å². The fourth-order valence-corrected chi connectivity index (χ4v) is 3.16. The molecule has 2 heterocycles. The Morgan fingerprint density at radius 2 is 2.09 bits per heavy atom. The topological polar surface area (TPSA) is 70.1 Å². The minimum atomic E-state index is -0.509. The number of aliphatic hydroxyl groups is 1. The molecule has 0 aromatic heterocycles. The minimum absolute atomic E-state index is 0.0185. The molecule has 2 atom stereocenters. The normalized spacial score (nSPS) is 26.5. The van der Waals surface area contributed by atoms with Crippen LogP contribution < -0.4 is 0 Å². The average Bonchev–Trinajstić information content (AvgIpc) is 2.78. The van der Waals surface area contributed by atoms with E-state index in [9.17, 15) is 14.7 Å². The highest BCUT2D eigenvalue weighted by Crippen LogP contribution is 2.24. The van der Waals surface area contributed by atoms with Crippen LogP contribution in [0.1, 0.15) is 46.5 Å². The number of amides is 2. The first kappa shape index (κ1) is 17.1. The first-order valence-electron chi connectivity index (χ1n) is 8.18. The van der Waals surface area contributed by atoms with Crippen molar-refractivity contribution < 1.29 is 19.4 Å². The van der Waals surface area contributed by atoms with Crippen LogP contribution in [0.3, 0.4) is 0 Å². The zero-order valence-corrected chi connectivity index (χ0v) is 13.9. The lowest BCUT2D eigenvalue weighted by Crippen LogP contribution is -2.51. The highest BCUT2D eigenvalue weighted by Gasteiger charge is 2.35. The van der Waals surface area contributed by atoms with E-state index in [0.29, 0.717) is 26.1 Å². The van der Waals surface area contributed by atoms with Crippen molar-refractivity contribution >= 4 is 12.0 Å². The van der Waals surface area contributed by atoms with E-state index in [4.69, 9.17) is 4.74 Å². The van der Waals surface area contributed by atoms with Gasteiger partial charge in [0.1, 0.15) is 5.60 Å². The Morgan fingerprint density at radius 1 is 1.36 bits per heavy atom. The lowest BCUT2D eigenvalue weighted by Gasteiger charge is -2.38. The molecule has 0 aliphatic carbocycles. The third kappa shape index (κ3) is 4.35. The molecule has 126 valence electrons. The molecule has 0 spiro atoms. The summed E-state index contributed by atoms with van der Waals surface area (Å²) >= 11 is 0. The van der Waals surface area contributed by atoms with Gasteiger partial charge in [0.05, 0.1) is 6.04 Å². The van der Waals surface area contributed by atoms with E-state index < -0.39 is 5.60 Å². The van der Waals surface area contributed by atoms with Crippen LogP contribution in [0.2, 0.25) is 0 Å². The van der Waals surface area contributed by atoms with Crippen LogP contribution in [0.15, 0.2) is 0 Å². The maximum atomic E-state index is 12.4. The maximum absolute atomic E-state index is 12.4. The van der Waals surface area contributed by atoms with Crippen molar-refractivity contribution in [3.63, 3.8) is 0 Å². The van der Waals surface area contributed by atoms with Crippen molar-refractivity contribution in [2.24, 2.45) is 5.92 Å². The molecule has 2 rings (SSSR count). The van der Waals surface area contributed by atoms with Crippen LogP contribution in [0, 0.1) is 5.92 Å². The van der Waals surface area contributed by atoms with Gasteiger partial charge in [0.25, 0.3) is 0 Å². The molecule has 2 aliphatic rings. The second kappa shape index (κ2) is 6.86. The summed E-state index contributed by atoms with van der Waals surface area (Å²) in [7, 11) is 0. The van der Waals surface area contributed by atoms with E-state index in [1.807, 2.05) is 20.8 Å². The molecular weight excluding hydrogens is 284 g/mol. The standard InChI is InChI=1S/C16H28N2O4/c1-16(2,3)22-15(21)18-7-5-4-6-13(18)10-17-9-12(11-19)8-14(17)20/h12-13,19H,4-11H2,1-3H3. The molecule has 1 N–H and O–H groups in total. The van der Waals surface area contributed by atoms with Crippen LogP contribution in [0.25, 0.3) is 0 Å². The molecule has 6 nitrogen and oxygen atoms in total. The van der Waals surface area contributed by atoms with E-state index >= 15 is 0 Å². The van der Waals surface area contributed by atoms with Gasteiger partial charge in [-0.3, -0.25) is 4.79 Å². The Morgan fingerprint density at radius 3 is 2.68 bits per heavy atom. The second-order valence-corrected chi connectivity index (χ2v) is 7.37. The summed E-state index contributed by atoms with van der Waals surface area (Å²) in [4.78, 5) is 27.9. The molecule has 0 aromatic rings. The summed E-state index contributed by atoms with van der Waals surface area (Å²) in [5.41, 5.74) is -0.509. The molecule has 2 unspecified atom stereocenters. The zero-order chi connectivity index (χ0) is 16.3. The van der Waals surface area contributed by atoms with Crippen molar-refractivity contribution in [3.05, 3.63) is 0 Å². The highest BCUT2D eigenvalue weighted by molar-refractivity contribution is 5.78. The van der Waals surface area contributed by atoms with E-state index in [2.05, 4.69) is 0 Å². The first-order valence-corrected chi connectivity index (χ1v) is 8.18. The molecule has 22 heavy (non-hydrogen) atoms. The second-order valence-electron chi connectivity index (χ2n) is 7.37. The summed E-state index contributed by atoms with van der Waals surface area (Å²) in [5.74, 6) is 0.111. The number of likely N-dealkylation sites (tertiary alicyclic amines) is 2. The molecule has 2 fully saturated rings. The van der Waals surface area contributed by atoms with Gasteiger partial charge in [0.2, 0.25) is 5.91 Å². The maximum Gasteiger partial charge on any atom is 0.410 e. The van der Waals surface area contributed by atoms with Crippen LogP contribution in [-0.4, -0.2) is 64.8 Å². The molecule has 0 saturated carbocycles. The van der Waals surface area contributed by atoms with Crippen molar-refractivity contribution in [2.45, 2.75) is 58.1 Å². The zero-order valence-electron chi connectivity index (χ0n) is 13.9. The summed E-state index contributed by atoms with van der Waals surface area (Å²) in [6.45, 7) is 7.45. The van der Waals surface area contributed by atoms with Crippen molar-refractivity contribution in [2.75, 3.05) is 26.2 Å². The predicted molar refractivity (Wildman–Crippen MR) is 82.4 cm³/mol. The fraction of sp³-hybridized carbons (Fsp3) is 0.875. The molecule has 2 aliphatic heterocycles. The summed E-state index contributed by atoms with van der Waals surface area (Å²) in [6.07, 6.45) is 3.06. The Balaban J connectivity index is 1.98. The van der Waals surface area contributed by atoms with Crippen LogP contribution >= 0.6 is 0 Å². The summed E-state index contributed by atoms with van der Waals surface area (Å²) < 4.78 is 5.48. The van der Waals surface area contributed by atoms with Gasteiger partial charge in [-0.25, -0.2) is 4.79 Å². The Hall–Kier alpha value is -1.30. The van der Waals surface area contributed by atoms with E-state index in [-0.39, 0.29) is 30.6 Å². The van der Waals surface area contributed by atoms with Crippen LogP contribution in [-0.2, 0) is 9.53 Å². The quantitative estimate of drug-likeness (QED) is 0.859. The van der Waals surface area contributed by atoms with E-state index in [0.717, 1.165) is 19.3 Å². The fourth-order valence-electron chi connectivity index (χ4n) is 3.16. The predicted octanol–water partition coefficient (Wildman–Crippen LogP) is 1.62. The molecule has 6 heteroatoms. The number of rotatable bonds is 3. The average molecular weight is 312 g/mol. The number of hydrogen-bond donors (Lipinski definition) is 1. The van der Waals surface area contributed by atoms with Gasteiger partial charge in [-0.15, -0.1) is 0 Å². The number of hydrogen-bond acceptors (Lipinski definition) is 4. The lowest BCUT2D eigenvalue weighted by molar-refractivity contribution is -0.128. The number of carbonyl (C=O) groups is 2. The van der Waals surface area contributed by atoms with Crippen molar-refractivity contribution in [3.8, 4) is 0 Å². The van der Waals surface area contributed by atoms with Crippen molar-refractivity contribution in [1.82, 2.24) is 9.80 Å². The van der Waals surface area contributed by atoms with Gasteiger partial charge in [-0.05, 0) is 40.0 Å². The van der Waals surface area contributed by atoms with Gasteiger partial charge in [0.15, 0.2) is 0 Å². The molecule has 2 saturated heterocycles. The number of nitrogens with zero attached hydrogens (tertiary/aromatic N) is 2. The van der Waals surface area contributed by atoms with Gasteiger partial charge in [-0.1, -0.05) is 0 Å². The summed E-state index contributed by atoms with van der Waals surface area (Å²) in [5, 5.41) is 9.21. The largest absolute Gasteiger partial charge is 0.444 e. The third-order valence-electron chi connectivity index (χ3n) is 4.24. The monoisotopic (exact) mass is 312 g/mol. The summed E-state index contributed by atoms with van der Waals surface area (Å²) in [6, 6.07) is 0.0185. The van der Waals surface area contributed by atoms with Gasteiger partial charge in [-0.2, -0.15) is 0 Å². The van der Waals surface area contributed by atoms with Crippen molar-refractivity contribution in [1.29, 1.82) is 0 Å². The van der Waals surface area contributed by atoms with E-state index in [1.54, 1.807) is 9.80 Å². The molecule has 2 amide bonds.